The quantitative estimate of drug-likeness (QED) is 0.502. The molecule has 156 valence electrons. The number of nitrogens with one attached hydrogen (secondary N) is 2. The van der Waals surface area contributed by atoms with E-state index < -0.39 is 0 Å². The average molecular weight is 429 g/mol. The maximum absolute atomic E-state index is 13.0. The molecule has 0 saturated heterocycles. The molecule has 0 spiro atoms. The van der Waals surface area contributed by atoms with Crippen molar-refractivity contribution in [1.82, 2.24) is 0 Å². The Morgan fingerprint density at radius 1 is 1.00 bits per heavy atom. The van der Waals surface area contributed by atoms with Crippen LogP contribution < -0.4 is 20.1 Å². The molecule has 0 fully saturated rings. The number of hydrogen-bond donors (Lipinski definition) is 2. The molecule has 0 aliphatic rings. The monoisotopic (exact) mass is 428 g/mol. The second kappa shape index (κ2) is 9.98. The zero-order valence-electron chi connectivity index (χ0n) is 16.7. The van der Waals surface area contributed by atoms with Crippen molar-refractivity contribution in [1.29, 1.82) is 0 Å². The van der Waals surface area contributed by atoms with Crippen LogP contribution in [0, 0.1) is 12.7 Å². The van der Waals surface area contributed by atoms with Crippen molar-refractivity contribution in [3.63, 3.8) is 0 Å². The van der Waals surface area contributed by atoms with Crippen molar-refractivity contribution < 1.29 is 18.7 Å². The number of amides is 1. The van der Waals surface area contributed by atoms with Crippen molar-refractivity contribution in [2.45, 2.75) is 13.5 Å². The second-order valence-corrected chi connectivity index (χ2v) is 7.05. The first-order valence-corrected chi connectivity index (χ1v) is 9.67. The average Bonchev–Trinajstić information content (AvgIpc) is 2.74. The van der Waals surface area contributed by atoms with E-state index >= 15 is 0 Å². The number of rotatable bonds is 8. The van der Waals surface area contributed by atoms with Crippen LogP contribution in [0.3, 0.4) is 0 Å². The van der Waals surface area contributed by atoms with Crippen molar-refractivity contribution >= 4 is 28.9 Å². The van der Waals surface area contributed by atoms with Gasteiger partial charge < -0.3 is 20.1 Å². The van der Waals surface area contributed by atoms with E-state index in [4.69, 9.17) is 21.1 Å². The van der Waals surface area contributed by atoms with E-state index in [2.05, 4.69) is 10.6 Å². The van der Waals surface area contributed by atoms with Gasteiger partial charge in [-0.05, 0) is 66.6 Å². The van der Waals surface area contributed by atoms with Gasteiger partial charge in [0.1, 0.15) is 5.82 Å². The van der Waals surface area contributed by atoms with Crippen LogP contribution in [0.25, 0.3) is 0 Å². The summed E-state index contributed by atoms with van der Waals surface area (Å²) in [5, 5.41) is 6.54. The molecule has 0 aliphatic heterocycles. The Morgan fingerprint density at radius 3 is 2.43 bits per heavy atom. The lowest BCUT2D eigenvalue weighted by Crippen LogP contribution is -2.20. The summed E-state index contributed by atoms with van der Waals surface area (Å²) in [4.78, 5) is 12.2. The molecule has 2 N–H and O–H groups in total. The van der Waals surface area contributed by atoms with Gasteiger partial charge in [-0.25, -0.2) is 4.39 Å². The molecule has 7 heteroatoms. The van der Waals surface area contributed by atoms with Crippen LogP contribution >= 0.6 is 11.6 Å². The summed E-state index contributed by atoms with van der Waals surface area (Å²) in [7, 11) is 1.54. The smallest absolute Gasteiger partial charge is 0.262 e. The summed E-state index contributed by atoms with van der Waals surface area (Å²) in [5.41, 5.74) is 3.30. The van der Waals surface area contributed by atoms with Gasteiger partial charge in [0.15, 0.2) is 18.1 Å². The largest absolute Gasteiger partial charge is 0.493 e. The minimum absolute atomic E-state index is 0.172. The van der Waals surface area contributed by atoms with E-state index in [9.17, 15) is 9.18 Å². The van der Waals surface area contributed by atoms with Gasteiger partial charge in [-0.2, -0.15) is 0 Å². The Hall–Kier alpha value is -3.25. The Balaban J connectivity index is 1.56. The molecule has 3 rings (SSSR count). The number of halogens is 2. The van der Waals surface area contributed by atoms with Crippen LogP contribution in [0.15, 0.2) is 60.7 Å². The van der Waals surface area contributed by atoms with E-state index in [0.717, 1.165) is 16.8 Å². The first-order chi connectivity index (χ1) is 14.4. The van der Waals surface area contributed by atoms with E-state index in [1.54, 1.807) is 30.3 Å². The SMILES string of the molecule is COc1cc(CNc2ccc(F)cc2)ccc1OCC(=O)Nc1ccc(C)c(Cl)c1. The van der Waals surface area contributed by atoms with E-state index in [0.29, 0.717) is 28.8 Å². The maximum atomic E-state index is 13.0. The molecule has 3 aromatic carbocycles. The summed E-state index contributed by atoms with van der Waals surface area (Å²) in [6.45, 7) is 2.24. The normalized spacial score (nSPS) is 10.4. The van der Waals surface area contributed by atoms with Crippen LogP contribution in [0.2, 0.25) is 5.02 Å². The van der Waals surface area contributed by atoms with Crippen LogP contribution in [0.5, 0.6) is 11.5 Å². The fourth-order valence-electron chi connectivity index (χ4n) is 2.72. The topological polar surface area (TPSA) is 59.6 Å². The zero-order valence-corrected chi connectivity index (χ0v) is 17.4. The number of methoxy groups -OCH3 is 1. The molecule has 1 amide bonds. The van der Waals surface area contributed by atoms with Gasteiger partial charge in [0, 0.05) is 22.9 Å². The summed E-state index contributed by atoms with van der Waals surface area (Å²) in [5.74, 6) is 0.386. The molecule has 0 unspecified atom stereocenters. The Kier molecular flexibility index (Phi) is 7.14. The minimum Gasteiger partial charge on any atom is -0.493 e. The van der Waals surface area contributed by atoms with Crippen LogP contribution in [0.1, 0.15) is 11.1 Å². The van der Waals surface area contributed by atoms with E-state index in [1.807, 2.05) is 25.1 Å². The van der Waals surface area contributed by atoms with Gasteiger partial charge in [-0.3, -0.25) is 4.79 Å². The molecule has 0 bridgehead atoms. The number of carbonyl (C=O) groups excluding carboxylic acids is 1. The summed E-state index contributed by atoms with van der Waals surface area (Å²) in [6, 6.07) is 16.9. The van der Waals surface area contributed by atoms with Crippen molar-refractivity contribution in [2.75, 3.05) is 24.4 Å². The number of ether oxygens (including phenoxy) is 2. The Morgan fingerprint density at radius 2 is 1.73 bits per heavy atom. The van der Waals surface area contributed by atoms with Gasteiger partial charge in [0.2, 0.25) is 0 Å². The highest BCUT2D eigenvalue weighted by atomic mass is 35.5. The molecule has 0 heterocycles. The van der Waals surface area contributed by atoms with Gasteiger partial charge in [0.05, 0.1) is 7.11 Å². The molecule has 0 atom stereocenters. The highest BCUT2D eigenvalue weighted by Crippen LogP contribution is 2.28. The fourth-order valence-corrected chi connectivity index (χ4v) is 2.90. The van der Waals surface area contributed by atoms with Crippen molar-refractivity contribution in [3.8, 4) is 11.5 Å². The Bertz CT molecular complexity index is 1030. The molecule has 30 heavy (non-hydrogen) atoms. The number of anilines is 2. The number of carbonyl (C=O) groups is 1. The van der Waals surface area contributed by atoms with Crippen molar-refractivity contribution in [3.05, 3.63) is 82.6 Å². The fraction of sp³-hybridized carbons (Fsp3) is 0.174. The van der Waals surface area contributed by atoms with Crippen LogP contribution in [0.4, 0.5) is 15.8 Å². The van der Waals surface area contributed by atoms with Gasteiger partial charge in [-0.1, -0.05) is 23.7 Å². The molecule has 3 aromatic rings. The zero-order chi connectivity index (χ0) is 21.5. The number of hydrogen-bond acceptors (Lipinski definition) is 4. The highest BCUT2D eigenvalue weighted by molar-refractivity contribution is 6.31. The summed E-state index contributed by atoms with van der Waals surface area (Å²) in [6.07, 6.45) is 0. The third-order valence-electron chi connectivity index (χ3n) is 4.38. The number of benzene rings is 3. The first kappa shape index (κ1) is 21.5. The molecular weight excluding hydrogens is 407 g/mol. The van der Waals surface area contributed by atoms with E-state index in [1.165, 1.54) is 19.2 Å². The lowest BCUT2D eigenvalue weighted by molar-refractivity contribution is -0.118. The molecule has 0 radical (unpaired) electrons. The van der Waals surface area contributed by atoms with Gasteiger partial charge >= 0.3 is 0 Å². The second-order valence-electron chi connectivity index (χ2n) is 6.65. The molecule has 0 aliphatic carbocycles. The van der Waals surface area contributed by atoms with Crippen molar-refractivity contribution in [2.24, 2.45) is 0 Å². The lowest BCUT2D eigenvalue weighted by atomic mass is 10.2. The molecule has 0 saturated carbocycles. The van der Waals surface area contributed by atoms with Crippen LogP contribution in [-0.2, 0) is 11.3 Å². The summed E-state index contributed by atoms with van der Waals surface area (Å²) < 4.78 is 24.0. The predicted molar refractivity (Wildman–Crippen MR) is 117 cm³/mol. The number of aryl methyl sites for hydroxylation is 1. The minimum atomic E-state index is -0.306. The third kappa shape index (κ3) is 5.87. The predicted octanol–water partition coefficient (Wildman–Crippen LogP) is 5.43. The Labute approximate surface area is 179 Å². The molecular formula is C23H22ClFN2O3. The summed E-state index contributed by atoms with van der Waals surface area (Å²) >= 11 is 6.08. The maximum Gasteiger partial charge on any atom is 0.262 e. The van der Waals surface area contributed by atoms with Gasteiger partial charge in [-0.15, -0.1) is 0 Å². The van der Waals surface area contributed by atoms with E-state index in [-0.39, 0.29) is 18.3 Å². The molecule has 0 aromatic heterocycles. The molecule has 5 nitrogen and oxygen atoms in total. The lowest BCUT2D eigenvalue weighted by Gasteiger charge is -2.13. The van der Waals surface area contributed by atoms with Gasteiger partial charge in [0.25, 0.3) is 5.91 Å². The standard InChI is InChI=1S/C23H22ClFN2O3/c1-15-3-7-19(12-20(15)24)27-23(28)14-30-21-10-4-16(11-22(21)29-2)13-26-18-8-5-17(25)6-9-18/h3-12,26H,13-14H2,1-2H3,(H,27,28). The van der Waals surface area contributed by atoms with Crippen LogP contribution in [-0.4, -0.2) is 19.6 Å². The highest BCUT2D eigenvalue weighted by Gasteiger charge is 2.10. The first-order valence-electron chi connectivity index (χ1n) is 9.30. The third-order valence-corrected chi connectivity index (χ3v) is 4.79.